The van der Waals surface area contributed by atoms with Crippen LogP contribution in [0, 0.1) is 20.2 Å². The maximum Gasteiger partial charge on any atom is 0.284 e. The van der Waals surface area contributed by atoms with Gasteiger partial charge < -0.3 is 0 Å². The van der Waals surface area contributed by atoms with Gasteiger partial charge in [-0.15, -0.1) is 0 Å². The summed E-state index contributed by atoms with van der Waals surface area (Å²) in [4.78, 5) is 21.0. The maximum atomic E-state index is 11.0. The van der Waals surface area contributed by atoms with E-state index < -0.39 is 9.85 Å². The Morgan fingerprint density at radius 3 is 2.47 bits per heavy atom. The van der Waals surface area contributed by atoms with Crippen LogP contribution in [0.2, 0.25) is 0 Å². The fraction of sp³-hybridized carbons (Fsp3) is 0.0833. The molecule has 1 aromatic rings. The van der Waals surface area contributed by atoms with E-state index in [1.54, 1.807) is 12.2 Å². The van der Waals surface area contributed by atoms with Gasteiger partial charge >= 0.3 is 0 Å². The molecule has 0 radical (unpaired) electrons. The van der Waals surface area contributed by atoms with Crippen LogP contribution in [0.25, 0.3) is 5.57 Å². The van der Waals surface area contributed by atoms with Gasteiger partial charge in [-0.3, -0.25) is 20.2 Å². The van der Waals surface area contributed by atoms with E-state index in [1.807, 2.05) is 6.08 Å². The Bertz CT molecular complexity index is 649. The van der Waals surface area contributed by atoms with Gasteiger partial charge in [-0.05, 0) is 6.07 Å². The molecule has 0 bridgehead atoms. The zero-order chi connectivity index (χ0) is 14.0. The van der Waals surface area contributed by atoms with Crippen LogP contribution in [0.15, 0.2) is 36.4 Å². The third kappa shape index (κ3) is 2.55. The van der Waals surface area contributed by atoms with Gasteiger partial charge in [0.1, 0.15) is 0 Å². The first-order valence-corrected chi connectivity index (χ1v) is 5.75. The predicted octanol–water partition coefficient (Wildman–Crippen LogP) is 3.22. The molecule has 6 nitrogen and oxygen atoms in total. The summed E-state index contributed by atoms with van der Waals surface area (Å²) in [7, 11) is 0. The molecule has 0 heterocycles. The quantitative estimate of drug-likeness (QED) is 0.480. The fourth-order valence-corrected chi connectivity index (χ4v) is 2.07. The molecule has 96 valence electrons. The topological polar surface area (TPSA) is 86.3 Å². The van der Waals surface area contributed by atoms with Gasteiger partial charge in [0.2, 0.25) is 0 Å². The normalized spacial score (nSPS) is 14.1. The van der Waals surface area contributed by atoms with Crippen molar-refractivity contribution in [3.63, 3.8) is 0 Å². The minimum absolute atomic E-state index is 0.307. The highest BCUT2D eigenvalue weighted by atomic mass is 32.1. The molecule has 0 fully saturated rings. The second kappa shape index (κ2) is 5.07. The van der Waals surface area contributed by atoms with Crippen molar-refractivity contribution >= 4 is 34.0 Å². The molecule has 0 saturated carbocycles. The van der Waals surface area contributed by atoms with E-state index in [1.165, 1.54) is 12.1 Å². The monoisotopic (exact) mass is 276 g/mol. The molecule has 1 aliphatic carbocycles. The minimum Gasteiger partial charge on any atom is -0.258 e. The molecule has 19 heavy (non-hydrogen) atoms. The van der Waals surface area contributed by atoms with E-state index >= 15 is 0 Å². The van der Waals surface area contributed by atoms with Crippen LogP contribution in [0.5, 0.6) is 0 Å². The van der Waals surface area contributed by atoms with Crippen LogP contribution in [-0.4, -0.2) is 14.7 Å². The second-order valence-corrected chi connectivity index (χ2v) is 4.34. The Morgan fingerprint density at radius 1 is 1.16 bits per heavy atom. The van der Waals surface area contributed by atoms with Crippen molar-refractivity contribution in [1.29, 1.82) is 0 Å². The van der Waals surface area contributed by atoms with Crippen LogP contribution in [0.1, 0.15) is 12.0 Å². The third-order valence-electron chi connectivity index (χ3n) is 2.68. The Kier molecular flexibility index (Phi) is 3.48. The first-order chi connectivity index (χ1) is 9.00. The summed E-state index contributed by atoms with van der Waals surface area (Å²) in [6.07, 6.45) is 5.83. The first kappa shape index (κ1) is 13.0. The highest BCUT2D eigenvalue weighted by molar-refractivity contribution is 7.81. The second-order valence-electron chi connectivity index (χ2n) is 3.85. The summed E-state index contributed by atoms with van der Waals surface area (Å²) in [5.74, 6) is 0. The van der Waals surface area contributed by atoms with E-state index in [4.69, 9.17) is 12.2 Å². The van der Waals surface area contributed by atoms with Crippen LogP contribution in [0.3, 0.4) is 0 Å². The molecule has 0 saturated heterocycles. The van der Waals surface area contributed by atoms with Crippen LogP contribution in [0.4, 0.5) is 11.4 Å². The molecule has 1 aromatic carbocycles. The van der Waals surface area contributed by atoms with E-state index in [-0.39, 0.29) is 11.4 Å². The van der Waals surface area contributed by atoms with Crippen molar-refractivity contribution in [3.8, 4) is 0 Å². The van der Waals surface area contributed by atoms with E-state index in [0.29, 0.717) is 22.4 Å². The smallest absolute Gasteiger partial charge is 0.258 e. The van der Waals surface area contributed by atoms with Crippen molar-refractivity contribution in [2.45, 2.75) is 6.42 Å². The number of non-ortho nitro benzene ring substituents is 1. The highest BCUT2D eigenvalue weighted by Crippen LogP contribution is 2.32. The maximum absolute atomic E-state index is 11.0. The SMILES string of the molecule is O=[N+]([O-])c1ccc(C2=CC=CCC2=S)c([N+](=O)[O-])c1. The summed E-state index contributed by atoms with van der Waals surface area (Å²) in [6.45, 7) is 0. The van der Waals surface area contributed by atoms with E-state index in [2.05, 4.69) is 0 Å². The fourth-order valence-electron chi connectivity index (χ4n) is 1.79. The van der Waals surface area contributed by atoms with Crippen LogP contribution in [-0.2, 0) is 0 Å². The van der Waals surface area contributed by atoms with Crippen LogP contribution >= 0.6 is 12.2 Å². The molecule has 0 atom stereocenters. The lowest BCUT2D eigenvalue weighted by Gasteiger charge is -2.10. The molecule has 0 unspecified atom stereocenters. The highest BCUT2D eigenvalue weighted by Gasteiger charge is 2.23. The van der Waals surface area contributed by atoms with Crippen molar-refractivity contribution in [3.05, 3.63) is 62.2 Å². The molecule has 0 amide bonds. The van der Waals surface area contributed by atoms with Crippen molar-refractivity contribution in [2.24, 2.45) is 0 Å². The van der Waals surface area contributed by atoms with Crippen molar-refractivity contribution in [1.82, 2.24) is 0 Å². The minimum atomic E-state index is -0.662. The van der Waals surface area contributed by atoms with Gasteiger partial charge in [0, 0.05) is 22.9 Å². The van der Waals surface area contributed by atoms with Gasteiger partial charge in [-0.1, -0.05) is 30.4 Å². The van der Waals surface area contributed by atoms with Crippen molar-refractivity contribution in [2.75, 3.05) is 0 Å². The van der Waals surface area contributed by atoms with Gasteiger partial charge in [0.25, 0.3) is 11.4 Å². The number of thiocarbonyl (C=S) groups is 1. The standard InChI is InChI=1S/C12H8N2O4S/c15-13(16)8-5-6-9(11(7-8)14(17)18)10-3-1-2-4-12(10)19/h1-3,5-7H,4H2. The van der Waals surface area contributed by atoms with E-state index in [9.17, 15) is 20.2 Å². The molecule has 0 spiro atoms. The van der Waals surface area contributed by atoms with Crippen molar-refractivity contribution < 1.29 is 9.85 Å². The third-order valence-corrected chi connectivity index (χ3v) is 3.07. The Hall–Kier alpha value is -2.41. The Morgan fingerprint density at radius 2 is 1.89 bits per heavy atom. The average molecular weight is 276 g/mol. The lowest BCUT2D eigenvalue weighted by Crippen LogP contribution is -2.04. The molecular weight excluding hydrogens is 268 g/mol. The molecule has 2 rings (SSSR count). The van der Waals surface area contributed by atoms with E-state index in [0.717, 1.165) is 6.07 Å². The van der Waals surface area contributed by atoms with Crippen LogP contribution < -0.4 is 0 Å². The number of hydrogen-bond acceptors (Lipinski definition) is 5. The van der Waals surface area contributed by atoms with Gasteiger partial charge in [0.05, 0.1) is 21.5 Å². The molecular formula is C12H8N2O4S. The summed E-state index contributed by atoms with van der Waals surface area (Å²) >= 11 is 5.16. The number of rotatable bonds is 3. The molecule has 1 aliphatic rings. The van der Waals surface area contributed by atoms with Gasteiger partial charge in [-0.2, -0.15) is 0 Å². The molecule has 0 aromatic heterocycles. The molecule has 0 aliphatic heterocycles. The predicted molar refractivity (Wildman–Crippen MR) is 74.1 cm³/mol. The number of hydrogen-bond donors (Lipinski definition) is 0. The number of allylic oxidation sites excluding steroid dienone is 4. The Labute approximate surface area is 113 Å². The first-order valence-electron chi connectivity index (χ1n) is 5.34. The zero-order valence-electron chi connectivity index (χ0n) is 9.61. The summed E-state index contributed by atoms with van der Waals surface area (Å²) in [5.41, 5.74) is 0.260. The molecule has 7 heteroatoms. The Balaban J connectivity index is 2.60. The average Bonchev–Trinajstić information content (AvgIpc) is 2.38. The summed E-state index contributed by atoms with van der Waals surface area (Å²) < 4.78 is 0. The van der Waals surface area contributed by atoms with Gasteiger partial charge in [-0.25, -0.2) is 0 Å². The number of nitro groups is 2. The lowest BCUT2D eigenvalue weighted by atomic mass is 9.95. The summed E-state index contributed by atoms with van der Waals surface area (Å²) in [5, 5.41) is 21.7. The zero-order valence-corrected chi connectivity index (χ0v) is 10.4. The number of nitrogens with zero attached hydrogens (tertiary/aromatic N) is 2. The number of benzene rings is 1. The lowest BCUT2D eigenvalue weighted by molar-refractivity contribution is -0.394. The largest absolute Gasteiger partial charge is 0.284 e. The summed E-state index contributed by atoms with van der Waals surface area (Å²) in [6, 6.07) is 3.56. The number of nitro benzene ring substituents is 2. The van der Waals surface area contributed by atoms with Gasteiger partial charge in [0.15, 0.2) is 0 Å². The molecule has 0 N–H and O–H groups in total.